The zero-order chi connectivity index (χ0) is 17.8. The second-order valence-electron chi connectivity index (χ2n) is 9.30. The molecule has 0 spiro atoms. The Morgan fingerprint density at radius 2 is 2.04 bits per heavy atom. The molecule has 2 saturated carbocycles. The summed E-state index contributed by atoms with van der Waals surface area (Å²) in [5, 5.41) is 27.8. The van der Waals surface area contributed by atoms with E-state index < -0.39 is 0 Å². The van der Waals surface area contributed by atoms with Gasteiger partial charge in [0.1, 0.15) is 0 Å². The number of aliphatic hydroxyl groups excluding tert-OH is 2. The van der Waals surface area contributed by atoms with E-state index in [9.17, 15) is 10.2 Å². The van der Waals surface area contributed by atoms with Crippen LogP contribution in [0.2, 0.25) is 0 Å². The van der Waals surface area contributed by atoms with Gasteiger partial charge in [-0.05, 0) is 78.6 Å². The van der Waals surface area contributed by atoms with Crippen LogP contribution in [0.5, 0.6) is 0 Å². The van der Waals surface area contributed by atoms with Crippen LogP contribution in [0.25, 0.3) is 0 Å². The Kier molecular flexibility index (Phi) is 4.12. The highest BCUT2D eigenvalue weighted by Crippen LogP contribution is 2.62. The standard InChI is InChI=1S/C21H32N2O2/c1-13-4-5-17-16(12-25)18(6-7-20(13,17)2)21(3)9-14-10-22-23-19(14)8-15(21)11-24/h10,15-18,24-25H,1,4-9,11-12H2,2-3H3,(H,22,23)/t15-,16+,17+,18+,20-,21+/m1/s1. The molecule has 1 aromatic rings. The normalized spacial score (nSPS) is 43.8. The van der Waals surface area contributed by atoms with E-state index in [0.717, 1.165) is 32.1 Å². The van der Waals surface area contributed by atoms with Crippen molar-refractivity contribution in [3.63, 3.8) is 0 Å². The van der Waals surface area contributed by atoms with Crippen molar-refractivity contribution in [2.75, 3.05) is 13.2 Å². The summed E-state index contributed by atoms with van der Waals surface area (Å²) in [6.45, 7) is 9.53. The molecule has 25 heavy (non-hydrogen) atoms. The number of rotatable bonds is 3. The van der Waals surface area contributed by atoms with Gasteiger partial charge in [-0.2, -0.15) is 5.10 Å². The van der Waals surface area contributed by atoms with Crippen LogP contribution in [0.4, 0.5) is 0 Å². The summed E-state index contributed by atoms with van der Waals surface area (Å²) in [4.78, 5) is 0. The van der Waals surface area contributed by atoms with Crippen LogP contribution < -0.4 is 0 Å². The molecule has 138 valence electrons. The zero-order valence-electron chi connectivity index (χ0n) is 15.6. The van der Waals surface area contributed by atoms with Crippen LogP contribution in [0, 0.1) is 34.5 Å². The number of hydrogen-bond acceptors (Lipinski definition) is 3. The summed E-state index contributed by atoms with van der Waals surface area (Å²) in [5.74, 6) is 1.52. The van der Waals surface area contributed by atoms with E-state index in [1.165, 1.54) is 23.3 Å². The van der Waals surface area contributed by atoms with Gasteiger partial charge in [-0.15, -0.1) is 0 Å². The number of nitrogens with zero attached hydrogens (tertiary/aromatic N) is 1. The van der Waals surface area contributed by atoms with Crippen molar-refractivity contribution >= 4 is 0 Å². The average Bonchev–Trinajstić information content (AvgIpc) is 3.17. The molecular weight excluding hydrogens is 312 g/mol. The van der Waals surface area contributed by atoms with Crippen molar-refractivity contribution in [1.82, 2.24) is 10.2 Å². The van der Waals surface area contributed by atoms with Crippen molar-refractivity contribution in [3.8, 4) is 0 Å². The second-order valence-corrected chi connectivity index (χ2v) is 9.30. The van der Waals surface area contributed by atoms with Crippen molar-refractivity contribution < 1.29 is 10.2 Å². The maximum atomic E-state index is 10.4. The van der Waals surface area contributed by atoms with E-state index in [2.05, 4.69) is 30.6 Å². The molecule has 0 saturated heterocycles. The summed E-state index contributed by atoms with van der Waals surface area (Å²) < 4.78 is 0. The number of aromatic amines is 1. The predicted octanol–water partition coefficient (Wildman–Crippen LogP) is 3.11. The first-order valence-electron chi connectivity index (χ1n) is 9.85. The number of nitrogens with one attached hydrogen (secondary N) is 1. The highest BCUT2D eigenvalue weighted by atomic mass is 16.3. The first kappa shape index (κ1) is 17.3. The molecule has 4 nitrogen and oxygen atoms in total. The molecule has 6 atom stereocenters. The monoisotopic (exact) mass is 344 g/mol. The molecule has 1 aromatic heterocycles. The lowest BCUT2D eigenvalue weighted by Crippen LogP contribution is -2.52. The third-order valence-electron chi connectivity index (χ3n) is 8.43. The Labute approximate surface area is 150 Å². The maximum Gasteiger partial charge on any atom is 0.0522 e. The van der Waals surface area contributed by atoms with E-state index in [1.54, 1.807) is 0 Å². The van der Waals surface area contributed by atoms with Gasteiger partial charge in [-0.1, -0.05) is 26.0 Å². The molecule has 0 unspecified atom stereocenters. The minimum Gasteiger partial charge on any atom is -0.396 e. The zero-order valence-corrected chi connectivity index (χ0v) is 15.6. The lowest BCUT2D eigenvalue weighted by molar-refractivity contribution is -0.0737. The first-order chi connectivity index (χ1) is 11.9. The lowest BCUT2D eigenvalue weighted by atomic mass is 9.49. The molecule has 0 bridgehead atoms. The highest BCUT2D eigenvalue weighted by molar-refractivity contribution is 5.26. The van der Waals surface area contributed by atoms with Crippen molar-refractivity contribution in [3.05, 3.63) is 29.6 Å². The van der Waals surface area contributed by atoms with Crippen LogP contribution in [0.1, 0.15) is 50.8 Å². The highest BCUT2D eigenvalue weighted by Gasteiger charge is 2.56. The molecule has 4 rings (SSSR count). The van der Waals surface area contributed by atoms with Gasteiger partial charge < -0.3 is 10.2 Å². The fraction of sp³-hybridized carbons (Fsp3) is 0.762. The predicted molar refractivity (Wildman–Crippen MR) is 97.9 cm³/mol. The van der Waals surface area contributed by atoms with E-state index in [4.69, 9.17) is 0 Å². The molecule has 0 aliphatic heterocycles. The molecule has 3 N–H and O–H groups in total. The number of H-pyrrole nitrogens is 1. The number of aromatic nitrogens is 2. The summed E-state index contributed by atoms with van der Waals surface area (Å²) in [6, 6.07) is 0. The summed E-state index contributed by atoms with van der Waals surface area (Å²) >= 11 is 0. The fourth-order valence-electron chi connectivity index (χ4n) is 6.68. The van der Waals surface area contributed by atoms with Crippen molar-refractivity contribution in [1.29, 1.82) is 0 Å². The molecule has 0 aromatic carbocycles. The topological polar surface area (TPSA) is 69.1 Å². The molecule has 2 fully saturated rings. The van der Waals surface area contributed by atoms with E-state index in [-0.39, 0.29) is 30.0 Å². The minimum absolute atomic E-state index is 0.0181. The van der Waals surface area contributed by atoms with Gasteiger partial charge in [0.05, 0.1) is 6.20 Å². The third-order valence-corrected chi connectivity index (χ3v) is 8.43. The van der Waals surface area contributed by atoms with E-state index in [1.807, 2.05) is 6.20 Å². The smallest absolute Gasteiger partial charge is 0.0522 e. The van der Waals surface area contributed by atoms with Crippen LogP contribution >= 0.6 is 0 Å². The van der Waals surface area contributed by atoms with Gasteiger partial charge >= 0.3 is 0 Å². The molecule has 3 aliphatic carbocycles. The molecule has 1 heterocycles. The maximum absolute atomic E-state index is 10.4. The van der Waals surface area contributed by atoms with Gasteiger partial charge in [0.15, 0.2) is 0 Å². The number of hydrogen-bond donors (Lipinski definition) is 3. The van der Waals surface area contributed by atoms with Crippen LogP contribution in [0.3, 0.4) is 0 Å². The third kappa shape index (κ3) is 2.37. The number of allylic oxidation sites excluding steroid dienone is 1. The number of fused-ring (bicyclic) bond motifs is 2. The largest absolute Gasteiger partial charge is 0.396 e. The van der Waals surface area contributed by atoms with Gasteiger partial charge in [0.2, 0.25) is 0 Å². The average molecular weight is 344 g/mol. The molecule has 3 aliphatic rings. The first-order valence-corrected chi connectivity index (χ1v) is 9.85. The Balaban J connectivity index is 1.69. The summed E-state index contributed by atoms with van der Waals surface area (Å²) in [7, 11) is 0. The number of aliphatic hydroxyl groups is 2. The summed E-state index contributed by atoms with van der Waals surface area (Å²) in [5.41, 5.74) is 4.09. The van der Waals surface area contributed by atoms with Gasteiger partial charge in [0, 0.05) is 18.9 Å². The quantitative estimate of drug-likeness (QED) is 0.738. The molecule has 0 radical (unpaired) electrons. The van der Waals surface area contributed by atoms with Crippen molar-refractivity contribution in [2.45, 2.75) is 52.4 Å². The minimum atomic E-state index is 0.0181. The van der Waals surface area contributed by atoms with Crippen molar-refractivity contribution in [2.24, 2.45) is 34.5 Å². The van der Waals surface area contributed by atoms with Crippen LogP contribution in [0.15, 0.2) is 18.3 Å². The van der Waals surface area contributed by atoms with Gasteiger partial charge in [-0.25, -0.2) is 0 Å². The van der Waals surface area contributed by atoms with Gasteiger partial charge in [0.25, 0.3) is 0 Å². The van der Waals surface area contributed by atoms with E-state index in [0.29, 0.717) is 17.8 Å². The Hall–Kier alpha value is -1.13. The fourth-order valence-corrected chi connectivity index (χ4v) is 6.68. The Bertz CT molecular complexity index is 669. The second kappa shape index (κ2) is 5.95. The van der Waals surface area contributed by atoms with Crippen LogP contribution in [-0.4, -0.2) is 33.6 Å². The Morgan fingerprint density at radius 3 is 2.76 bits per heavy atom. The van der Waals surface area contributed by atoms with E-state index >= 15 is 0 Å². The van der Waals surface area contributed by atoms with Crippen LogP contribution in [-0.2, 0) is 12.8 Å². The lowest BCUT2D eigenvalue weighted by Gasteiger charge is -2.55. The molecule has 0 amide bonds. The SMILES string of the molecule is C=C1CC[C@H]2[C@H](CO)[C@@H]([C@@]3(C)Cc4cn[nH]c4C[C@@H]3CO)CC[C@]12C. The Morgan fingerprint density at radius 1 is 1.24 bits per heavy atom. The van der Waals surface area contributed by atoms with Gasteiger partial charge in [-0.3, -0.25) is 5.10 Å². The summed E-state index contributed by atoms with van der Waals surface area (Å²) in [6.07, 6.45) is 8.34. The molecule has 4 heteroatoms. The molecular formula is C21H32N2O2.